The number of nitrogens with one attached hydrogen (secondary N) is 2. The first-order valence-electron chi connectivity index (χ1n) is 7.92. The third kappa shape index (κ3) is 5.52. The number of anilines is 1. The van der Waals surface area contributed by atoms with Crippen LogP contribution in [0.4, 0.5) is 5.13 Å². The Morgan fingerprint density at radius 3 is 2.88 bits per heavy atom. The Labute approximate surface area is 153 Å². The molecule has 2 aromatic rings. The molecule has 3 rings (SSSR count). The van der Waals surface area contributed by atoms with Crippen LogP contribution in [0.2, 0.25) is 0 Å². The van der Waals surface area contributed by atoms with Crippen molar-refractivity contribution in [3.63, 3.8) is 0 Å². The van der Waals surface area contributed by atoms with E-state index in [1.54, 1.807) is 24.3 Å². The minimum atomic E-state index is -0.401. The molecule has 1 aromatic heterocycles. The fraction of sp³-hybridized carbons (Fsp3) is 0.375. The second-order valence-electron chi connectivity index (χ2n) is 5.42. The van der Waals surface area contributed by atoms with Gasteiger partial charge in [-0.25, -0.2) is 0 Å². The van der Waals surface area contributed by atoms with Gasteiger partial charge in [0.1, 0.15) is 0 Å². The summed E-state index contributed by atoms with van der Waals surface area (Å²) in [4.78, 5) is 23.8. The number of carbonyl (C=O) groups is 2. The Morgan fingerprint density at radius 1 is 1.28 bits per heavy atom. The zero-order valence-corrected chi connectivity index (χ0v) is 15.1. The van der Waals surface area contributed by atoms with Gasteiger partial charge < -0.3 is 10.1 Å². The van der Waals surface area contributed by atoms with Gasteiger partial charge in [-0.1, -0.05) is 41.3 Å². The summed E-state index contributed by atoms with van der Waals surface area (Å²) in [5, 5.41) is 14.3. The van der Waals surface area contributed by atoms with Crippen molar-refractivity contribution in [1.29, 1.82) is 0 Å². The third-order valence-corrected chi connectivity index (χ3v) is 5.54. The molecule has 0 aliphatic carbocycles. The van der Waals surface area contributed by atoms with Crippen molar-refractivity contribution >= 4 is 40.0 Å². The van der Waals surface area contributed by atoms with Crippen LogP contribution < -0.4 is 10.6 Å². The second-order valence-corrected chi connectivity index (χ2v) is 7.62. The van der Waals surface area contributed by atoms with E-state index >= 15 is 0 Å². The van der Waals surface area contributed by atoms with Gasteiger partial charge in [-0.05, 0) is 25.0 Å². The fourth-order valence-electron chi connectivity index (χ4n) is 2.30. The van der Waals surface area contributed by atoms with E-state index in [-0.39, 0.29) is 17.8 Å². The van der Waals surface area contributed by atoms with Crippen molar-refractivity contribution in [3.8, 4) is 0 Å². The number of benzene rings is 1. The lowest BCUT2D eigenvalue weighted by Gasteiger charge is -2.08. The first kappa shape index (κ1) is 17.8. The molecule has 0 spiro atoms. The monoisotopic (exact) mass is 378 g/mol. The molecule has 132 valence electrons. The Hall–Kier alpha value is -1.97. The molecule has 25 heavy (non-hydrogen) atoms. The van der Waals surface area contributed by atoms with E-state index in [4.69, 9.17) is 4.74 Å². The van der Waals surface area contributed by atoms with Crippen LogP contribution in [0.15, 0.2) is 34.7 Å². The highest BCUT2D eigenvalue weighted by molar-refractivity contribution is 8.01. The zero-order valence-electron chi connectivity index (χ0n) is 13.4. The summed E-state index contributed by atoms with van der Waals surface area (Å²) in [6.45, 7) is 1.53. The lowest BCUT2D eigenvalue weighted by molar-refractivity contribution is -0.117. The summed E-state index contributed by atoms with van der Waals surface area (Å²) in [6.07, 6.45) is 2.39. The van der Waals surface area contributed by atoms with Crippen molar-refractivity contribution in [3.05, 3.63) is 35.9 Å². The van der Waals surface area contributed by atoms with Crippen molar-refractivity contribution < 1.29 is 14.3 Å². The third-order valence-electron chi connectivity index (χ3n) is 3.53. The topological polar surface area (TPSA) is 93.2 Å². The molecule has 1 fully saturated rings. The van der Waals surface area contributed by atoms with Gasteiger partial charge in [0.15, 0.2) is 4.34 Å². The lowest BCUT2D eigenvalue weighted by atomic mass is 10.2. The quantitative estimate of drug-likeness (QED) is 0.713. The van der Waals surface area contributed by atoms with Crippen LogP contribution in [0.1, 0.15) is 23.2 Å². The summed E-state index contributed by atoms with van der Waals surface area (Å²) in [5.74, 6) is -0.649. The maximum absolute atomic E-state index is 11.9. The maximum Gasteiger partial charge on any atom is 0.257 e. The summed E-state index contributed by atoms with van der Waals surface area (Å²) in [6, 6.07) is 8.63. The van der Waals surface area contributed by atoms with Crippen molar-refractivity contribution in [1.82, 2.24) is 15.5 Å². The molecule has 1 unspecified atom stereocenters. The van der Waals surface area contributed by atoms with Gasteiger partial charge in [-0.15, -0.1) is 10.2 Å². The summed E-state index contributed by atoms with van der Waals surface area (Å²) in [7, 11) is 0. The van der Waals surface area contributed by atoms with Crippen LogP contribution in [-0.2, 0) is 9.53 Å². The van der Waals surface area contributed by atoms with Crippen molar-refractivity contribution in [2.45, 2.75) is 23.3 Å². The zero-order chi connectivity index (χ0) is 17.5. The Balaban J connectivity index is 1.40. The number of thioether (sulfide) groups is 1. The second kappa shape index (κ2) is 8.93. The van der Waals surface area contributed by atoms with E-state index in [9.17, 15) is 9.59 Å². The molecule has 9 heteroatoms. The number of imide groups is 1. The van der Waals surface area contributed by atoms with Crippen LogP contribution in [-0.4, -0.2) is 47.0 Å². The summed E-state index contributed by atoms with van der Waals surface area (Å²) >= 11 is 2.64. The number of amides is 2. The van der Waals surface area contributed by atoms with E-state index < -0.39 is 5.91 Å². The molecule has 0 radical (unpaired) electrons. The van der Waals surface area contributed by atoms with Gasteiger partial charge in [-0.3, -0.25) is 14.9 Å². The van der Waals surface area contributed by atoms with E-state index in [0.717, 1.165) is 19.4 Å². The molecule has 2 N–H and O–H groups in total. The smallest absolute Gasteiger partial charge is 0.257 e. The minimum absolute atomic E-state index is 0.110. The SMILES string of the molecule is O=C(CSc1nnc(NCC2CCCO2)s1)NC(=O)c1ccccc1. The number of rotatable bonds is 7. The van der Waals surface area contributed by atoms with Crippen LogP contribution >= 0.6 is 23.1 Å². The van der Waals surface area contributed by atoms with E-state index in [2.05, 4.69) is 20.8 Å². The molecular weight excluding hydrogens is 360 g/mol. The van der Waals surface area contributed by atoms with Crippen molar-refractivity contribution in [2.75, 3.05) is 24.2 Å². The highest BCUT2D eigenvalue weighted by Crippen LogP contribution is 2.25. The number of carbonyl (C=O) groups excluding carboxylic acids is 2. The van der Waals surface area contributed by atoms with Gasteiger partial charge in [0.05, 0.1) is 11.9 Å². The first-order chi connectivity index (χ1) is 12.2. The Morgan fingerprint density at radius 2 is 2.12 bits per heavy atom. The van der Waals surface area contributed by atoms with Gasteiger partial charge in [0.2, 0.25) is 11.0 Å². The number of ether oxygens (including phenoxy) is 1. The fourth-order valence-corrected chi connectivity index (χ4v) is 3.86. The van der Waals surface area contributed by atoms with Crippen LogP contribution in [0.5, 0.6) is 0 Å². The number of aromatic nitrogens is 2. The number of hydrogen-bond donors (Lipinski definition) is 2. The van der Waals surface area contributed by atoms with E-state index in [1.165, 1.54) is 23.1 Å². The maximum atomic E-state index is 11.9. The highest BCUT2D eigenvalue weighted by Gasteiger charge is 2.16. The normalized spacial score (nSPS) is 16.6. The lowest BCUT2D eigenvalue weighted by Crippen LogP contribution is -2.31. The number of nitrogens with zero attached hydrogens (tertiary/aromatic N) is 2. The van der Waals surface area contributed by atoms with Crippen LogP contribution in [0.25, 0.3) is 0 Å². The summed E-state index contributed by atoms with van der Waals surface area (Å²) < 4.78 is 6.22. The molecule has 1 saturated heterocycles. The molecule has 1 aromatic carbocycles. The van der Waals surface area contributed by atoms with E-state index in [1.807, 2.05) is 6.07 Å². The average Bonchev–Trinajstić information content (AvgIpc) is 3.30. The molecule has 2 amide bonds. The van der Waals surface area contributed by atoms with Crippen LogP contribution in [0, 0.1) is 0 Å². The van der Waals surface area contributed by atoms with E-state index in [0.29, 0.717) is 21.6 Å². The molecule has 1 aliphatic heterocycles. The Bertz CT molecular complexity index is 717. The highest BCUT2D eigenvalue weighted by atomic mass is 32.2. The van der Waals surface area contributed by atoms with Crippen LogP contribution in [0.3, 0.4) is 0 Å². The van der Waals surface area contributed by atoms with Crippen molar-refractivity contribution in [2.24, 2.45) is 0 Å². The average molecular weight is 378 g/mol. The molecule has 7 nitrogen and oxygen atoms in total. The molecule has 1 atom stereocenters. The molecule has 1 aliphatic rings. The molecule has 0 bridgehead atoms. The van der Waals surface area contributed by atoms with Gasteiger partial charge in [-0.2, -0.15) is 0 Å². The predicted octanol–water partition coefficient (Wildman–Crippen LogP) is 2.18. The number of hydrogen-bond acceptors (Lipinski definition) is 8. The van der Waals surface area contributed by atoms with Gasteiger partial charge in [0.25, 0.3) is 5.91 Å². The van der Waals surface area contributed by atoms with Gasteiger partial charge in [0, 0.05) is 18.7 Å². The Kier molecular flexibility index (Phi) is 6.37. The first-order valence-corrected chi connectivity index (χ1v) is 9.72. The molecule has 0 saturated carbocycles. The molecular formula is C16H18N4O3S2. The largest absolute Gasteiger partial charge is 0.376 e. The molecule has 2 heterocycles. The predicted molar refractivity (Wildman–Crippen MR) is 97.0 cm³/mol. The minimum Gasteiger partial charge on any atom is -0.376 e. The van der Waals surface area contributed by atoms with Gasteiger partial charge >= 0.3 is 0 Å². The standard InChI is InChI=1S/C16H18N4O3S2/c21-13(18-14(22)11-5-2-1-3-6-11)10-24-16-20-19-15(25-16)17-9-12-7-4-8-23-12/h1-3,5-6,12H,4,7-10H2,(H,17,19)(H,18,21,22). The summed E-state index contributed by atoms with van der Waals surface area (Å²) in [5.41, 5.74) is 0.456.